The summed E-state index contributed by atoms with van der Waals surface area (Å²) in [6, 6.07) is 13.0. The number of amides is 2. The Labute approximate surface area is 239 Å². The van der Waals surface area contributed by atoms with Gasteiger partial charge in [-0.15, -0.1) is 0 Å². The number of anilines is 2. The molecule has 1 saturated heterocycles. The van der Waals surface area contributed by atoms with E-state index >= 15 is 0 Å². The SMILES string of the molecule is CCn1cc(-c2ccnc(Nc3cccc(C(=O)N4CCN(C(=O)OC(C)(C)C)CC4)c3)n2)c(-c2cccnc2)n1. The van der Waals surface area contributed by atoms with Crippen molar-refractivity contribution in [2.75, 3.05) is 31.5 Å². The number of hydrogen-bond acceptors (Lipinski definition) is 8. The van der Waals surface area contributed by atoms with Gasteiger partial charge in [0.2, 0.25) is 5.95 Å². The van der Waals surface area contributed by atoms with Crippen LogP contribution in [0.15, 0.2) is 67.3 Å². The summed E-state index contributed by atoms with van der Waals surface area (Å²) >= 11 is 0. The van der Waals surface area contributed by atoms with Crippen molar-refractivity contribution >= 4 is 23.6 Å². The van der Waals surface area contributed by atoms with Gasteiger partial charge in [0.25, 0.3) is 5.91 Å². The van der Waals surface area contributed by atoms with E-state index < -0.39 is 5.60 Å². The van der Waals surface area contributed by atoms with Gasteiger partial charge in [0.1, 0.15) is 11.3 Å². The molecule has 0 radical (unpaired) electrons. The van der Waals surface area contributed by atoms with Gasteiger partial charge in [-0.05, 0) is 64.1 Å². The first kappa shape index (κ1) is 27.8. The minimum absolute atomic E-state index is 0.0970. The Morgan fingerprint density at radius 2 is 1.78 bits per heavy atom. The molecule has 1 fully saturated rings. The largest absolute Gasteiger partial charge is 0.444 e. The zero-order chi connectivity index (χ0) is 29.0. The second kappa shape index (κ2) is 11.7. The van der Waals surface area contributed by atoms with Gasteiger partial charge in [-0.3, -0.25) is 14.5 Å². The van der Waals surface area contributed by atoms with Gasteiger partial charge < -0.3 is 19.9 Å². The molecule has 1 aromatic carbocycles. The van der Waals surface area contributed by atoms with Crippen LogP contribution in [0.2, 0.25) is 0 Å². The van der Waals surface area contributed by atoms with Crippen molar-refractivity contribution in [1.82, 2.24) is 34.5 Å². The number of rotatable bonds is 6. The van der Waals surface area contributed by atoms with Crippen molar-refractivity contribution in [2.45, 2.75) is 39.8 Å². The van der Waals surface area contributed by atoms with Gasteiger partial charge >= 0.3 is 6.09 Å². The lowest BCUT2D eigenvalue weighted by atomic mass is 10.1. The number of carbonyl (C=O) groups is 2. The molecule has 0 spiro atoms. The fourth-order valence-corrected chi connectivity index (χ4v) is 4.52. The van der Waals surface area contributed by atoms with Crippen molar-refractivity contribution in [1.29, 1.82) is 0 Å². The van der Waals surface area contributed by atoms with Crippen LogP contribution in [-0.2, 0) is 11.3 Å². The van der Waals surface area contributed by atoms with Crippen LogP contribution in [-0.4, -0.2) is 78.3 Å². The summed E-state index contributed by atoms with van der Waals surface area (Å²) in [6.07, 6.45) is 6.82. The van der Waals surface area contributed by atoms with Crippen LogP contribution in [0.4, 0.5) is 16.4 Å². The Bertz CT molecular complexity index is 1520. The summed E-state index contributed by atoms with van der Waals surface area (Å²) in [4.78, 5) is 42.4. The lowest BCUT2D eigenvalue weighted by molar-refractivity contribution is 0.0141. The van der Waals surface area contributed by atoms with Crippen molar-refractivity contribution in [2.24, 2.45) is 0 Å². The van der Waals surface area contributed by atoms with Crippen LogP contribution < -0.4 is 5.32 Å². The molecule has 0 saturated carbocycles. The van der Waals surface area contributed by atoms with E-state index in [0.29, 0.717) is 43.4 Å². The quantitative estimate of drug-likeness (QED) is 0.359. The maximum absolute atomic E-state index is 13.3. The van der Waals surface area contributed by atoms with Crippen molar-refractivity contribution in [3.05, 3.63) is 72.8 Å². The maximum atomic E-state index is 13.3. The van der Waals surface area contributed by atoms with E-state index in [9.17, 15) is 9.59 Å². The number of hydrogen-bond donors (Lipinski definition) is 1. The van der Waals surface area contributed by atoms with Gasteiger partial charge in [-0.1, -0.05) is 6.07 Å². The van der Waals surface area contributed by atoms with Gasteiger partial charge in [0, 0.05) is 79.9 Å². The molecular weight excluding hydrogens is 520 g/mol. The zero-order valence-corrected chi connectivity index (χ0v) is 23.7. The minimum atomic E-state index is -0.556. The number of benzene rings is 1. The maximum Gasteiger partial charge on any atom is 0.410 e. The average molecular weight is 555 g/mol. The molecule has 2 amide bonds. The lowest BCUT2D eigenvalue weighted by Gasteiger charge is -2.35. The number of aromatic nitrogens is 5. The zero-order valence-electron chi connectivity index (χ0n) is 23.7. The van der Waals surface area contributed by atoms with Gasteiger partial charge in [0.15, 0.2) is 0 Å². The highest BCUT2D eigenvalue weighted by atomic mass is 16.6. The van der Waals surface area contributed by atoms with Crippen molar-refractivity contribution in [3.8, 4) is 22.5 Å². The third kappa shape index (κ3) is 6.68. The predicted octanol–water partition coefficient (Wildman–Crippen LogP) is 4.86. The fourth-order valence-electron chi connectivity index (χ4n) is 4.52. The van der Waals surface area contributed by atoms with Crippen LogP contribution in [0.3, 0.4) is 0 Å². The van der Waals surface area contributed by atoms with Crippen LogP contribution >= 0.6 is 0 Å². The molecule has 0 unspecified atom stereocenters. The summed E-state index contributed by atoms with van der Waals surface area (Å²) in [6.45, 7) is 10.00. The molecule has 1 aliphatic heterocycles. The standard InChI is InChI=1S/C30H34N8O3/c1-5-38-20-24(26(35-38)22-9-7-12-31-19-22)25-11-13-32-28(34-25)33-23-10-6-8-21(18-23)27(39)36-14-16-37(17-15-36)29(40)41-30(2,3)4/h6-13,18-20H,5,14-17H2,1-4H3,(H,32,33,34). The Morgan fingerprint density at radius 3 is 2.49 bits per heavy atom. The topological polar surface area (TPSA) is 118 Å². The predicted molar refractivity (Wildman–Crippen MR) is 156 cm³/mol. The first-order valence-corrected chi connectivity index (χ1v) is 13.7. The van der Waals surface area contributed by atoms with E-state index in [1.807, 2.05) is 68.9 Å². The van der Waals surface area contributed by atoms with Crippen molar-refractivity contribution < 1.29 is 14.3 Å². The molecule has 4 heterocycles. The van der Waals surface area contributed by atoms with E-state index in [0.717, 1.165) is 29.1 Å². The molecule has 5 rings (SSSR count). The van der Waals surface area contributed by atoms with Gasteiger partial charge in [-0.2, -0.15) is 5.10 Å². The normalized spacial score (nSPS) is 13.7. The second-order valence-electron chi connectivity index (χ2n) is 10.7. The summed E-state index contributed by atoms with van der Waals surface area (Å²) in [5.74, 6) is 0.305. The number of piperazine rings is 1. The van der Waals surface area contributed by atoms with Crippen molar-refractivity contribution in [3.63, 3.8) is 0 Å². The average Bonchev–Trinajstić information content (AvgIpc) is 3.42. The highest BCUT2D eigenvalue weighted by molar-refractivity contribution is 5.95. The summed E-state index contributed by atoms with van der Waals surface area (Å²) in [7, 11) is 0. The monoisotopic (exact) mass is 554 g/mol. The molecule has 0 atom stereocenters. The van der Waals surface area contributed by atoms with E-state index in [1.54, 1.807) is 40.5 Å². The number of aryl methyl sites for hydroxylation is 1. The number of nitrogens with one attached hydrogen (secondary N) is 1. The fraction of sp³-hybridized carbons (Fsp3) is 0.333. The van der Waals surface area contributed by atoms with E-state index in [4.69, 9.17) is 14.8 Å². The third-order valence-electron chi connectivity index (χ3n) is 6.54. The van der Waals surface area contributed by atoms with E-state index in [1.165, 1.54) is 0 Å². The molecule has 4 aromatic rings. The highest BCUT2D eigenvalue weighted by Crippen LogP contribution is 2.30. The Morgan fingerprint density at radius 1 is 1.00 bits per heavy atom. The first-order valence-electron chi connectivity index (χ1n) is 13.7. The van der Waals surface area contributed by atoms with Gasteiger partial charge in [0.05, 0.1) is 5.69 Å². The highest BCUT2D eigenvalue weighted by Gasteiger charge is 2.28. The minimum Gasteiger partial charge on any atom is -0.444 e. The molecule has 41 heavy (non-hydrogen) atoms. The number of carbonyl (C=O) groups excluding carboxylic acids is 2. The van der Waals surface area contributed by atoms with Crippen LogP contribution in [0.25, 0.3) is 22.5 Å². The number of nitrogens with zero attached hydrogens (tertiary/aromatic N) is 7. The van der Waals surface area contributed by atoms with Crippen LogP contribution in [0.1, 0.15) is 38.1 Å². The summed E-state index contributed by atoms with van der Waals surface area (Å²) < 4.78 is 7.33. The Hall–Kier alpha value is -4.80. The molecule has 0 aliphatic carbocycles. The number of pyridine rings is 1. The third-order valence-corrected chi connectivity index (χ3v) is 6.54. The Kier molecular flexibility index (Phi) is 7.95. The van der Waals surface area contributed by atoms with Crippen LogP contribution in [0, 0.1) is 0 Å². The first-order chi connectivity index (χ1) is 19.7. The number of ether oxygens (including phenoxy) is 1. The molecule has 1 aliphatic rings. The molecule has 1 N–H and O–H groups in total. The molecule has 212 valence electrons. The molecule has 11 nitrogen and oxygen atoms in total. The van der Waals surface area contributed by atoms with E-state index in [2.05, 4.69) is 15.3 Å². The second-order valence-corrected chi connectivity index (χ2v) is 10.7. The summed E-state index contributed by atoms with van der Waals surface area (Å²) in [5, 5.41) is 7.95. The molecular formula is C30H34N8O3. The Balaban J connectivity index is 1.29. The molecule has 3 aromatic heterocycles. The smallest absolute Gasteiger partial charge is 0.410 e. The van der Waals surface area contributed by atoms with Crippen LogP contribution in [0.5, 0.6) is 0 Å². The van der Waals surface area contributed by atoms with E-state index in [-0.39, 0.29) is 12.0 Å². The lowest BCUT2D eigenvalue weighted by Crippen LogP contribution is -2.51. The molecule has 0 bridgehead atoms. The molecule has 11 heteroatoms. The summed E-state index contributed by atoms with van der Waals surface area (Å²) in [5.41, 5.74) is 3.97. The van der Waals surface area contributed by atoms with Gasteiger partial charge in [-0.25, -0.2) is 14.8 Å².